The molecule has 0 unspecified atom stereocenters. The molecule has 1 aromatic carbocycles. The molecule has 3 aromatic rings. The minimum atomic E-state index is -0.266. The van der Waals surface area contributed by atoms with E-state index in [1.165, 1.54) is 6.92 Å². The third-order valence-corrected chi connectivity index (χ3v) is 3.64. The van der Waals surface area contributed by atoms with Gasteiger partial charge in [0.15, 0.2) is 11.5 Å². The molecule has 0 aliphatic carbocycles. The number of para-hydroxylation sites is 1. The van der Waals surface area contributed by atoms with Gasteiger partial charge in [0.1, 0.15) is 0 Å². The number of nitrogens with one attached hydrogen (secondary N) is 2. The lowest BCUT2D eigenvalue weighted by Gasteiger charge is -2.06. The largest absolute Gasteiger partial charge is 0.345 e. The molecule has 2 N–H and O–H groups in total. The van der Waals surface area contributed by atoms with Crippen LogP contribution in [0.2, 0.25) is 0 Å². The number of benzene rings is 1. The molecule has 23 heavy (non-hydrogen) atoms. The first-order valence-electron chi connectivity index (χ1n) is 7.25. The number of rotatable bonds is 4. The molecular weight excluding hydrogens is 292 g/mol. The van der Waals surface area contributed by atoms with Gasteiger partial charge in [-0.25, -0.2) is 0 Å². The summed E-state index contributed by atoms with van der Waals surface area (Å²) in [6, 6.07) is 10.9. The van der Waals surface area contributed by atoms with Gasteiger partial charge in [0.2, 0.25) is 0 Å². The van der Waals surface area contributed by atoms with E-state index in [-0.39, 0.29) is 18.2 Å². The van der Waals surface area contributed by atoms with Crippen molar-refractivity contribution in [2.75, 3.05) is 0 Å². The molecule has 0 atom stereocenters. The normalized spacial score (nSPS) is 10.7. The molecule has 116 valence electrons. The molecular formula is C17H16N4O2. The molecule has 6 heteroatoms. The van der Waals surface area contributed by atoms with E-state index in [1.807, 2.05) is 24.3 Å². The second-order valence-corrected chi connectivity index (χ2v) is 5.29. The molecule has 2 aromatic heterocycles. The summed E-state index contributed by atoms with van der Waals surface area (Å²) >= 11 is 0. The van der Waals surface area contributed by atoms with E-state index in [4.69, 9.17) is 0 Å². The molecule has 6 nitrogen and oxygen atoms in total. The standard InChI is InChI=1S/C17H16N4O2/c1-10-13(11(2)22)8-7-12(19-10)9-18-17(23)16-14-5-3-4-6-15(14)20-21-16/h3-8H,9H2,1-2H3,(H,18,23)(H,20,21). The van der Waals surface area contributed by atoms with Gasteiger partial charge in [-0.1, -0.05) is 18.2 Å². The fraction of sp³-hybridized carbons (Fsp3) is 0.176. The number of ketones is 1. The van der Waals surface area contributed by atoms with Crippen LogP contribution in [0.1, 0.15) is 39.2 Å². The van der Waals surface area contributed by atoms with Gasteiger partial charge in [0.25, 0.3) is 5.91 Å². The topological polar surface area (TPSA) is 87.7 Å². The van der Waals surface area contributed by atoms with Crippen LogP contribution in [0.5, 0.6) is 0 Å². The first kappa shape index (κ1) is 14.9. The number of nitrogens with zero attached hydrogens (tertiary/aromatic N) is 2. The Labute approximate surface area is 132 Å². The van der Waals surface area contributed by atoms with Gasteiger partial charge in [-0.05, 0) is 32.0 Å². The number of H-pyrrole nitrogens is 1. The summed E-state index contributed by atoms with van der Waals surface area (Å²) in [5, 5.41) is 10.5. The Morgan fingerprint density at radius 2 is 1.96 bits per heavy atom. The maximum Gasteiger partial charge on any atom is 0.272 e. The number of hydrogen-bond acceptors (Lipinski definition) is 4. The Morgan fingerprint density at radius 1 is 1.17 bits per heavy atom. The summed E-state index contributed by atoms with van der Waals surface area (Å²) < 4.78 is 0. The average molecular weight is 308 g/mol. The Morgan fingerprint density at radius 3 is 2.70 bits per heavy atom. The molecule has 0 aliphatic heterocycles. The number of aryl methyl sites for hydroxylation is 1. The first-order chi connectivity index (χ1) is 11.1. The van der Waals surface area contributed by atoms with Crippen molar-refractivity contribution in [1.29, 1.82) is 0 Å². The van der Waals surface area contributed by atoms with Crippen molar-refractivity contribution in [3.8, 4) is 0 Å². The fourth-order valence-electron chi connectivity index (χ4n) is 2.47. The van der Waals surface area contributed by atoms with Crippen molar-refractivity contribution < 1.29 is 9.59 Å². The van der Waals surface area contributed by atoms with E-state index in [0.717, 1.165) is 10.9 Å². The SMILES string of the molecule is CC(=O)c1ccc(CNC(=O)c2n[nH]c3ccccc23)nc1C. The van der Waals surface area contributed by atoms with E-state index in [1.54, 1.807) is 19.1 Å². The number of hydrogen-bond donors (Lipinski definition) is 2. The quantitative estimate of drug-likeness (QED) is 0.724. The second kappa shape index (κ2) is 6.00. The third kappa shape index (κ3) is 2.96. The van der Waals surface area contributed by atoms with Crippen LogP contribution in [-0.4, -0.2) is 26.9 Å². The zero-order valence-corrected chi connectivity index (χ0v) is 12.9. The van der Waals surface area contributed by atoms with Gasteiger partial charge in [-0.2, -0.15) is 5.10 Å². The van der Waals surface area contributed by atoms with Crippen molar-refractivity contribution in [3.63, 3.8) is 0 Å². The van der Waals surface area contributed by atoms with E-state index in [9.17, 15) is 9.59 Å². The Hall–Kier alpha value is -3.02. The predicted octanol–water partition coefficient (Wildman–Crippen LogP) is 2.40. The number of fused-ring (bicyclic) bond motifs is 1. The lowest BCUT2D eigenvalue weighted by molar-refractivity contribution is 0.0945. The first-order valence-corrected chi connectivity index (χ1v) is 7.25. The monoisotopic (exact) mass is 308 g/mol. The van der Waals surface area contributed by atoms with Crippen LogP contribution in [0.3, 0.4) is 0 Å². The molecule has 1 amide bonds. The molecule has 0 aliphatic rings. The van der Waals surface area contributed by atoms with Gasteiger partial charge in [0, 0.05) is 16.6 Å². The number of amides is 1. The predicted molar refractivity (Wildman–Crippen MR) is 86.2 cm³/mol. The molecule has 0 radical (unpaired) electrons. The molecule has 3 rings (SSSR count). The Balaban J connectivity index is 1.74. The molecule has 2 heterocycles. The van der Waals surface area contributed by atoms with Crippen molar-refractivity contribution in [2.24, 2.45) is 0 Å². The summed E-state index contributed by atoms with van der Waals surface area (Å²) in [7, 11) is 0. The van der Waals surface area contributed by atoms with Gasteiger partial charge in [-0.15, -0.1) is 0 Å². The Bertz CT molecular complexity index is 898. The van der Waals surface area contributed by atoms with Gasteiger partial charge in [0.05, 0.1) is 17.8 Å². The van der Waals surface area contributed by atoms with Crippen molar-refractivity contribution in [2.45, 2.75) is 20.4 Å². The summed E-state index contributed by atoms with van der Waals surface area (Å²) in [5.41, 5.74) is 3.13. The maximum absolute atomic E-state index is 12.3. The molecule has 0 fully saturated rings. The van der Waals surface area contributed by atoms with Crippen molar-refractivity contribution >= 4 is 22.6 Å². The summed E-state index contributed by atoms with van der Waals surface area (Å²) in [5.74, 6) is -0.286. The maximum atomic E-state index is 12.3. The van der Waals surface area contributed by atoms with E-state index < -0.39 is 0 Å². The average Bonchev–Trinajstić information content (AvgIpc) is 2.96. The lowest BCUT2D eigenvalue weighted by atomic mass is 10.1. The number of pyridine rings is 1. The highest BCUT2D eigenvalue weighted by molar-refractivity contribution is 6.04. The minimum absolute atomic E-state index is 0.0198. The summed E-state index contributed by atoms with van der Waals surface area (Å²) in [6.07, 6.45) is 0. The van der Waals surface area contributed by atoms with Crippen LogP contribution in [0.25, 0.3) is 10.9 Å². The van der Waals surface area contributed by atoms with Crippen molar-refractivity contribution in [1.82, 2.24) is 20.5 Å². The fourth-order valence-corrected chi connectivity index (χ4v) is 2.47. The van der Waals surface area contributed by atoms with Crippen LogP contribution in [0.4, 0.5) is 0 Å². The highest BCUT2D eigenvalue weighted by Crippen LogP contribution is 2.15. The number of Topliss-reactive ketones (excluding diaryl/α,β-unsaturated/α-hetero) is 1. The van der Waals surface area contributed by atoms with Gasteiger partial charge >= 0.3 is 0 Å². The van der Waals surface area contributed by atoms with Crippen LogP contribution in [0.15, 0.2) is 36.4 Å². The highest BCUT2D eigenvalue weighted by atomic mass is 16.2. The van der Waals surface area contributed by atoms with E-state index in [0.29, 0.717) is 22.6 Å². The van der Waals surface area contributed by atoms with E-state index in [2.05, 4.69) is 20.5 Å². The lowest BCUT2D eigenvalue weighted by Crippen LogP contribution is -2.24. The molecule has 0 bridgehead atoms. The number of aromatic nitrogens is 3. The Kier molecular flexibility index (Phi) is 3.89. The molecule has 0 saturated carbocycles. The molecule has 0 spiro atoms. The van der Waals surface area contributed by atoms with Gasteiger partial charge < -0.3 is 5.32 Å². The number of carbonyl (C=O) groups is 2. The zero-order valence-electron chi connectivity index (χ0n) is 12.9. The minimum Gasteiger partial charge on any atom is -0.345 e. The highest BCUT2D eigenvalue weighted by Gasteiger charge is 2.14. The zero-order chi connectivity index (χ0) is 16.4. The smallest absolute Gasteiger partial charge is 0.272 e. The van der Waals surface area contributed by atoms with Crippen LogP contribution < -0.4 is 5.32 Å². The second-order valence-electron chi connectivity index (χ2n) is 5.29. The molecule has 0 saturated heterocycles. The summed E-state index contributed by atoms with van der Waals surface area (Å²) in [4.78, 5) is 28.0. The number of carbonyl (C=O) groups excluding carboxylic acids is 2. The van der Waals surface area contributed by atoms with Crippen molar-refractivity contribution in [3.05, 3.63) is 59.0 Å². The van der Waals surface area contributed by atoms with Crippen LogP contribution >= 0.6 is 0 Å². The van der Waals surface area contributed by atoms with Crippen LogP contribution in [0, 0.1) is 6.92 Å². The van der Waals surface area contributed by atoms with Gasteiger partial charge in [-0.3, -0.25) is 19.7 Å². The summed E-state index contributed by atoms with van der Waals surface area (Å²) in [6.45, 7) is 3.57. The van der Waals surface area contributed by atoms with E-state index >= 15 is 0 Å². The number of aromatic amines is 1. The third-order valence-electron chi connectivity index (χ3n) is 3.64. The van der Waals surface area contributed by atoms with Crippen LogP contribution in [-0.2, 0) is 6.54 Å².